The van der Waals surface area contributed by atoms with Crippen molar-refractivity contribution in [3.8, 4) is 11.3 Å². The fraction of sp³-hybridized carbons (Fsp3) is 0.400. The first kappa shape index (κ1) is 17.3. The highest BCUT2D eigenvalue weighted by Crippen LogP contribution is 2.33. The maximum Gasteiger partial charge on any atom is 0.229 e. The molecule has 1 N–H and O–H groups in total. The Kier molecular flexibility index (Phi) is 4.50. The first-order valence-electron chi connectivity index (χ1n) is 9.54. The zero-order valence-electron chi connectivity index (χ0n) is 15.4. The second-order valence-electron chi connectivity index (χ2n) is 7.29. The van der Waals surface area contributed by atoms with Crippen molar-refractivity contribution < 1.29 is 13.9 Å². The highest BCUT2D eigenvalue weighted by molar-refractivity contribution is 5.93. The molecular weight excluding hydrogens is 358 g/mol. The normalized spacial score (nSPS) is 22.7. The van der Waals surface area contributed by atoms with Gasteiger partial charge in [-0.05, 0) is 18.9 Å². The minimum absolute atomic E-state index is 0.00440. The van der Waals surface area contributed by atoms with Gasteiger partial charge in [0.25, 0.3) is 0 Å². The van der Waals surface area contributed by atoms with Gasteiger partial charge >= 0.3 is 0 Å². The zero-order valence-corrected chi connectivity index (χ0v) is 15.4. The molecule has 8 nitrogen and oxygen atoms in total. The van der Waals surface area contributed by atoms with Crippen LogP contribution in [0.2, 0.25) is 0 Å². The first-order chi connectivity index (χ1) is 13.8. The van der Waals surface area contributed by atoms with E-state index in [0.717, 1.165) is 55.6 Å². The fourth-order valence-corrected chi connectivity index (χ4v) is 3.85. The molecule has 0 radical (unpaired) electrons. The van der Waals surface area contributed by atoms with Crippen molar-refractivity contribution in [2.24, 2.45) is 5.92 Å². The van der Waals surface area contributed by atoms with Crippen LogP contribution in [0.25, 0.3) is 22.2 Å². The number of benzene rings is 1. The zero-order chi connectivity index (χ0) is 18.9. The SMILES string of the molecule is O=C(Nc1ncc2ccc(-c3cnco3)cc2n1)C1CC(N2CCOCC2)C1. The number of nitrogens with zero attached hydrogens (tertiary/aromatic N) is 4. The van der Waals surface area contributed by atoms with Crippen LogP contribution in [0, 0.1) is 5.92 Å². The second kappa shape index (κ2) is 7.29. The molecule has 1 amide bonds. The fourth-order valence-electron chi connectivity index (χ4n) is 3.85. The predicted molar refractivity (Wildman–Crippen MR) is 103 cm³/mol. The van der Waals surface area contributed by atoms with Gasteiger partial charge in [0.1, 0.15) is 0 Å². The Hall–Kier alpha value is -2.84. The summed E-state index contributed by atoms with van der Waals surface area (Å²) in [4.78, 5) is 27.7. The lowest BCUT2D eigenvalue weighted by molar-refractivity contribution is -0.125. The summed E-state index contributed by atoms with van der Waals surface area (Å²) in [6, 6.07) is 6.26. The number of oxazole rings is 1. The molecule has 2 aromatic heterocycles. The van der Waals surface area contributed by atoms with Crippen molar-refractivity contribution in [2.45, 2.75) is 18.9 Å². The summed E-state index contributed by atoms with van der Waals surface area (Å²) < 4.78 is 10.7. The summed E-state index contributed by atoms with van der Waals surface area (Å²) in [5.74, 6) is 1.03. The van der Waals surface area contributed by atoms with E-state index in [4.69, 9.17) is 9.15 Å². The van der Waals surface area contributed by atoms with Crippen LogP contribution in [0.15, 0.2) is 41.4 Å². The Morgan fingerprint density at radius 3 is 2.82 bits per heavy atom. The summed E-state index contributed by atoms with van der Waals surface area (Å²) in [6.07, 6.45) is 6.55. The lowest BCUT2D eigenvalue weighted by Gasteiger charge is -2.43. The minimum Gasteiger partial charge on any atom is -0.444 e. The maximum absolute atomic E-state index is 12.6. The van der Waals surface area contributed by atoms with Crippen LogP contribution in [-0.4, -0.2) is 58.1 Å². The predicted octanol–water partition coefficient (Wildman–Crippen LogP) is 2.33. The van der Waals surface area contributed by atoms with Crippen LogP contribution in [0.5, 0.6) is 0 Å². The monoisotopic (exact) mass is 379 g/mol. The molecule has 2 aliphatic rings. The summed E-state index contributed by atoms with van der Waals surface area (Å²) in [5.41, 5.74) is 1.63. The number of hydrogen-bond donors (Lipinski definition) is 1. The molecule has 8 heteroatoms. The summed E-state index contributed by atoms with van der Waals surface area (Å²) in [6.45, 7) is 3.49. The van der Waals surface area contributed by atoms with Gasteiger partial charge in [-0.25, -0.2) is 15.0 Å². The molecule has 1 saturated carbocycles. The van der Waals surface area contributed by atoms with Crippen molar-refractivity contribution in [2.75, 3.05) is 31.6 Å². The van der Waals surface area contributed by atoms with E-state index in [9.17, 15) is 4.79 Å². The number of hydrogen-bond acceptors (Lipinski definition) is 7. The third-order valence-corrected chi connectivity index (χ3v) is 5.58. The van der Waals surface area contributed by atoms with E-state index >= 15 is 0 Å². The standard InChI is InChI=1S/C20H21N5O3/c26-19(15-7-16(8-15)25-3-5-27-6-4-25)24-20-22-10-14-2-1-13(9-17(14)23-20)18-11-21-12-28-18/h1-2,9-12,15-16H,3-8H2,(H,22,23,24,26). The molecule has 28 heavy (non-hydrogen) atoms. The number of fused-ring (bicyclic) bond motifs is 1. The summed E-state index contributed by atoms with van der Waals surface area (Å²) in [5, 5.41) is 3.77. The topological polar surface area (TPSA) is 93.4 Å². The molecule has 3 heterocycles. The molecule has 2 fully saturated rings. The Balaban J connectivity index is 1.25. The van der Waals surface area contributed by atoms with Crippen LogP contribution in [0.1, 0.15) is 12.8 Å². The van der Waals surface area contributed by atoms with E-state index in [1.807, 2.05) is 18.2 Å². The summed E-state index contributed by atoms with van der Waals surface area (Å²) in [7, 11) is 0. The van der Waals surface area contributed by atoms with Gasteiger partial charge in [0, 0.05) is 42.2 Å². The van der Waals surface area contributed by atoms with Crippen molar-refractivity contribution >= 4 is 22.8 Å². The number of anilines is 1. The van der Waals surface area contributed by atoms with E-state index in [1.54, 1.807) is 12.4 Å². The van der Waals surface area contributed by atoms with Crippen molar-refractivity contribution in [3.05, 3.63) is 37.0 Å². The average molecular weight is 379 g/mol. The van der Waals surface area contributed by atoms with E-state index in [1.165, 1.54) is 6.39 Å². The second-order valence-corrected chi connectivity index (χ2v) is 7.29. The summed E-state index contributed by atoms with van der Waals surface area (Å²) >= 11 is 0. The van der Waals surface area contributed by atoms with Gasteiger partial charge in [-0.2, -0.15) is 0 Å². The minimum atomic E-state index is -0.00440. The number of amides is 1. The van der Waals surface area contributed by atoms with Crippen LogP contribution in [0.3, 0.4) is 0 Å². The van der Waals surface area contributed by atoms with E-state index < -0.39 is 0 Å². The Morgan fingerprint density at radius 2 is 2.04 bits per heavy atom. The van der Waals surface area contributed by atoms with E-state index in [-0.39, 0.29) is 11.8 Å². The number of aromatic nitrogens is 3. The first-order valence-corrected chi connectivity index (χ1v) is 9.54. The van der Waals surface area contributed by atoms with Gasteiger partial charge in [0.05, 0.1) is 24.9 Å². The van der Waals surface area contributed by atoms with Gasteiger partial charge in [-0.1, -0.05) is 12.1 Å². The molecule has 5 rings (SSSR count). The highest BCUT2D eigenvalue weighted by Gasteiger charge is 2.38. The Morgan fingerprint density at radius 1 is 1.18 bits per heavy atom. The van der Waals surface area contributed by atoms with Gasteiger partial charge in [-0.15, -0.1) is 0 Å². The van der Waals surface area contributed by atoms with E-state index in [2.05, 4.69) is 25.2 Å². The molecule has 0 atom stereocenters. The lowest BCUT2D eigenvalue weighted by Crippen LogP contribution is -2.52. The Labute approximate surface area is 161 Å². The van der Waals surface area contributed by atoms with Crippen LogP contribution < -0.4 is 5.32 Å². The molecule has 1 aliphatic heterocycles. The molecule has 1 aromatic carbocycles. The van der Waals surface area contributed by atoms with Gasteiger partial charge in [0.2, 0.25) is 11.9 Å². The van der Waals surface area contributed by atoms with Gasteiger partial charge in [0.15, 0.2) is 12.2 Å². The molecule has 1 saturated heterocycles. The highest BCUT2D eigenvalue weighted by atomic mass is 16.5. The number of ether oxygens (including phenoxy) is 1. The quantitative estimate of drug-likeness (QED) is 0.743. The van der Waals surface area contributed by atoms with E-state index in [0.29, 0.717) is 17.8 Å². The third kappa shape index (κ3) is 3.36. The molecule has 0 unspecified atom stereocenters. The number of carbonyl (C=O) groups is 1. The van der Waals surface area contributed by atoms with Crippen LogP contribution in [-0.2, 0) is 9.53 Å². The number of rotatable bonds is 4. The maximum atomic E-state index is 12.6. The lowest BCUT2D eigenvalue weighted by atomic mass is 9.78. The van der Waals surface area contributed by atoms with Crippen molar-refractivity contribution in [1.29, 1.82) is 0 Å². The molecule has 1 aliphatic carbocycles. The van der Waals surface area contributed by atoms with Crippen molar-refractivity contribution in [3.63, 3.8) is 0 Å². The molecule has 144 valence electrons. The van der Waals surface area contributed by atoms with Gasteiger partial charge < -0.3 is 9.15 Å². The molecule has 0 spiro atoms. The third-order valence-electron chi connectivity index (χ3n) is 5.58. The number of nitrogens with one attached hydrogen (secondary N) is 1. The smallest absolute Gasteiger partial charge is 0.229 e. The van der Waals surface area contributed by atoms with Crippen LogP contribution in [0.4, 0.5) is 5.95 Å². The average Bonchev–Trinajstić information content (AvgIpc) is 3.22. The molecular formula is C20H21N5O3. The Bertz CT molecular complexity index is 979. The number of carbonyl (C=O) groups excluding carboxylic acids is 1. The molecule has 0 bridgehead atoms. The molecule has 3 aromatic rings. The van der Waals surface area contributed by atoms with Gasteiger partial charge in [-0.3, -0.25) is 15.0 Å². The van der Waals surface area contributed by atoms with Crippen molar-refractivity contribution in [1.82, 2.24) is 19.9 Å². The van der Waals surface area contributed by atoms with Crippen LogP contribution >= 0.6 is 0 Å². The largest absolute Gasteiger partial charge is 0.444 e. The number of morpholine rings is 1.